The van der Waals surface area contributed by atoms with Crippen LogP contribution in [-0.2, 0) is 20.2 Å². The van der Waals surface area contributed by atoms with Gasteiger partial charge in [-0.1, -0.05) is 12.1 Å². The van der Waals surface area contributed by atoms with Gasteiger partial charge in [0.25, 0.3) is 0 Å². The fraction of sp³-hybridized carbons (Fsp3) is 0. The van der Waals surface area contributed by atoms with Crippen molar-refractivity contribution in [3.63, 3.8) is 0 Å². The Morgan fingerprint density at radius 3 is 1.48 bits per heavy atom. The molecule has 0 saturated carbocycles. The van der Waals surface area contributed by atoms with E-state index in [2.05, 4.69) is 0 Å². The van der Waals surface area contributed by atoms with Crippen molar-refractivity contribution in [2.75, 3.05) is 0 Å². The number of hydrogen-bond donors (Lipinski definition) is 0. The summed E-state index contributed by atoms with van der Waals surface area (Å²) in [6.07, 6.45) is 0. The van der Waals surface area contributed by atoms with E-state index in [1.807, 2.05) is 0 Å². The molecule has 0 N–H and O–H groups in total. The third kappa shape index (κ3) is 2.51. The molecule has 0 saturated heterocycles. The number of fused-ring (bicyclic) bond motifs is 2. The number of rotatable bonds is 2. The monoisotopic (exact) mass is 354 g/mol. The van der Waals surface area contributed by atoms with Crippen molar-refractivity contribution in [1.82, 2.24) is 0 Å². The molecule has 0 amide bonds. The van der Waals surface area contributed by atoms with Gasteiger partial charge in [0.2, 0.25) is 5.43 Å². The first-order chi connectivity index (χ1) is 10.6. The van der Waals surface area contributed by atoms with Crippen LogP contribution in [0.25, 0.3) is 21.9 Å². The molecule has 120 valence electrons. The standard InChI is InChI=1S/C13H8O8S2/c14-11-7-3-1-5-9(22(15,16)17)12(7)21-13-8(11)4-2-6-10(13)23(18,19)20/h1-6H,(H,15,16,17)(H,18,19,20)/p-2. The molecule has 0 aliphatic carbocycles. The van der Waals surface area contributed by atoms with Crippen molar-refractivity contribution in [2.45, 2.75) is 9.79 Å². The van der Waals surface area contributed by atoms with Gasteiger partial charge in [-0.3, -0.25) is 4.79 Å². The molecule has 0 radical (unpaired) electrons. The van der Waals surface area contributed by atoms with E-state index in [9.17, 15) is 30.7 Å². The van der Waals surface area contributed by atoms with Crippen LogP contribution in [0.5, 0.6) is 0 Å². The summed E-state index contributed by atoms with van der Waals surface area (Å²) < 4.78 is 72.9. The third-order valence-corrected chi connectivity index (χ3v) is 4.91. The van der Waals surface area contributed by atoms with Gasteiger partial charge in [-0.25, -0.2) is 16.8 Å². The lowest BCUT2D eigenvalue weighted by atomic mass is 10.1. The first-order valence-corrected chi connectivity index (χ1v) is 8.83. The second-order valence-corrected chi connectivity index (χ2v) is 7.30. The average Bonchev–Trinajstić information content (AvgIpc) is 2.44. The summed E-state index contributed by atoms with van der Waals surface area (Å²) in [5, 5.41) is -0.426. The number of hydrogen-bond acceptors (Lipinski definition) is 8. The number of para-hydroxylation sites is 2. The van der Waals surface area contributed by atoms with E-state index in [1.165, 1.54) is 24.3 Å². The Labute approximate surface area is 129 Å². The van der Waals surface area contributed by atoms with Gasteiger partial charge in [0, 0.05) is 0 Å². The fourth-order valence-electron chi connectivity index (χ4n) is 2.24. The molecule has 1 heterocycles. The normalized spacial score (nSPS) is 12.8. The molecule has 8 nitrogen and oxygen atoms in total. The lowest BCUT2D eigenvalue weighted by Gasteiger charge is -2.12. The highest BCUT2D eigenvalue weighted by molar-refractivity contribution is 7.86. The summed E-state index contributed by atoms with van der Waals surface area (Å²) in [7, 11) is -9.95. The second kappa shape index (κ2) is 4.86. The first kappa shape index (κ1) is 15.6. The Kier molecular flexibility index (Phi) is 3.30. The molecule has 10 heteroatoms. The van der Waals surface area contributed by atoms with Crippen LogP contribution in [0.4, 0.5) is 0 Å². The fourth-order valence-corrected chi connectivity index (χ4v) is 3.49. The van der Waals surface area contributed by atoms with Crippen LogP contribution in [0.1, 0.15) is 0 Å². The summed E-state index contributed by atoms with van der Waals surface area (Å²) in [5.41, 5.74) is -1.93. The van der Waals surface area contributed by atoms with Gasteiger partial charge in [0.15, 0.2) is 11.2 Å². The zero-order chi connectivity index (χ0) is 17.0. The SMILES string of the molecule is O=c1c2cccc(S(=O)(=O)[O-])c2oc2c(S(=O)(=O)[O-])cccc12. The zero-order valence-electron chi connectivity index (χ0n) is 11.0. The predicted molar refractivity (Wildman–Crippen MR) is 75.9 cm³/mol. The zero-order valence-corrected chi connectivity index (χ0v) is 12.7. The van der Waals surface area contributed by atoms with Crippen molar-refractivity contribution in [2.24, 2.45) is 0 Å². The van der Waals surface area contributed by atoms with Crippen LogP contribution >= 0.6 is 0 Å². The van der Waals surface area contributed by atoms with Crippen molar-refractivity contribution in [1.29, 1.82) is 0 Å². The van der Waals surface area contributed by atoms with E-state index in [4.69, 9.17) is 4.42 Å². The molecule has 0 atom stereocenters. The van der Waals surface area contributed by atoms with Gasteiger partial charge in [0.1, 0.15) is 20.2 Å². The minimum atomic E-state index is -4.97. The minimum Gasteiger partial charge on any atom is -0.744 e. The summed E-state index contributed by atoms with van der Waals surface area (Å²) >= 11 is 0. The van der Waals surface area contributed by atoms with Gasteiger partial charge in [-0.05, 0) is 24.3 Å². The van der Waals surface area contributed by atoms with Crippen LogP contribution in [-0.4, -0.2) is 25.9 Å². The third-order valence-electron chi connectivity index (χ3n) is 3.19. The lowest BCUT2D eigenvalue weighted by molar-refractivity contribution is 0.462. The molecule has 3 aromatic rings. The summed E-state index contributed by atoms with van der Waals surface area (Å²) in [4.78, 5) is 10.8. The average molecular weight is 354 g/mol. The molecule has 0 fully saturated rings. The molecule has 0 aliphatic heterocycles. The van der Waals surface area contributed by atoms with Crippen LogP contribution in [0.3, 0.4) is 0 Å². The van der Waals surface area contributed by atoms with Crippen molar-refractivity contribution in [3.8, 4) is 0 Å². The summed E-state index contributed by atoms with van der Waals surface area (Å²) in [6, 6.07) is 6.68. The van der Waals surface area contributed by atoms with Gasteiger partial charge in [0.05, 0.1) is 20.6 Å². The van der Waals surface area contributed by atoms with E-state index in [1.54, 1.807) is 0 Å². The van der Waals surface area contributed by atoms with E-state index < -0.39 is 46.6 Å². The molecule has 0 bridgehead atoms. The van der Waals surface area contributed by atoms with E-state index in [-0.39, 0.29) is 10.8 Å². The molecule has 0 aliphatic rings. The Bertz CT molecular complexity index is 1130. The number of benzene rings is 2. The van der Waals surface area contributed by atoms with Crippen molar-refractivity contribution < 1.29 is 30.4 Å². The maximum absolute atomic E-state index is 12.4. The lowest BCUT2D eigenvalue weighted by Crippen LogP contribution is -2.08. The van der Waals surface area contributed by atoms with Crippen LogP contribution < -0.4 is 5.43 Å². The summed E-state index contributed by atoms with van der Waals surface area (Å²) in [6.45, 7) is 0. The first-order valence-electron chi connectivity index (χ1n) is 6.01. The smallest absolute Gasteiger partial charge is 0.200 e. The Morgan fingerprint density at radius 2 is 1.13 bits per heavy atom. The van der Waals surface area contributed by atoms with E-state index >= 15 is 0 Å². The molecule has 23 heavy (non-hydrogen) atoms. The molecule has 3 rings (SSSR count). The quantitative estimate of drug-likeness (QED) is 0.484. The van der Waals surface area contributed by atoms with Gasteiger partial charge in [-0.15, -0.1) is 0 Å². The van der Waals surface area contributed by atoms with E-state index in [0.29, 0.717) is 0 Å². The highest BCUT2D eigenvalue weighted by atomic mass is 32.2. The Balaban J connectivity index is 2.67. The maximum atomic E-state index is 12.4. The molecule has 0 spiro atoms. The van der Waals surface area contributed by atoms with Crippen LogP contribution in [0.15, 0.2) is 55.4 Å². The molecule has 2 aromatic carbocycles. The van der Waals surface area contributed by atoms with Gasteiger partial charge < -0.3 is 13.5 Å². The topological polar surface area (TPSA) is 145 Å². The van der Waals surface area contributed by atoms with Gasteiger partial charge >= 0.3 is 0 Å². The van der Waals surface area contributed by atoms with Crippen LogP contribution in [0.2, 0.25) is 0 Å². The maximum Gasteiger partial charge on any atom is 0.200 e. The largest absolute Gasteiger partial charge is 0.744 e. The molecule has 1 aromatic heterocycles. The molecular weight excluding hydrogens is 348 g/mol. The summed E-state index contributed by atoms with van der Waals surface area (Å²) in [5.74, 6) is 0. The molecular formula is C13H6O8S2-2. The Hall–Kier alpha value is -2.27. The minimum absolute atomic E-state index is 0.213. The second-order valence-electron chi connectivity index (χ2n) is 4.61. The highest BCUT2D eigenvalue weighted by Crippen LogP contribution is 2.28. The highest BCUT2D eigenvalue weighted by Gasteiger charge is 2.18. The van der Waals surface area contributed by atoms with Crippen LogP contribution in [0, 0.1) is 0 Å². The van der Waals surface area contributed by atoms with Crippen molar-refractivity contribution in [3.05, 3.63) is 46.6 Å². The van der Waals surface area contributed by atoms with Gasteiger partial charge in [-0.2, -0.15) is 0 Å². The Morgan fingerprint density at radius 1 is 0.739 bits per heavy atom. The van der Waals surface area contributed by atoms with Crippen molar-refractivity contribution >= 4 is 42.2 Å². The predicted octanol–water partition coefficient (Wildman–Crippen LogP) is 0.754. The molecule has 0 unspecified atom stereocenters. The van der Waals surface area contributed by atoms with E-state index in [0.717, 1.165) is 12.1 Å².